The Hall–Kier alpha value is -2.17. The average molecular weight is 218 g/mol. The molecule has 0 unspecified atom stereocenters. The van der Waals surface area contributed by atoms with Crippen molar-refractivity contribution < 1.29 is 14.3 Å². The van der Waals surface area contributed by atoms with Gasteiger partial charge in [0.05, 0.1) is 24.4 Å². The highest BCUT2D eigenvalue weighted by atomic mass is 16.5. The maximum atomic E-state index is 11.3. The first-order valence-electron chi connectivity index (χ1n) is 4.70. The minimum Gasteiger partial charge on any atom is -0.465 e. The fourth-order valence-corrected chi connectivity index (χ4v) is 1.53. The van der Waals surface area contributed by atoms with Crippen molar-refractivity contribution in [3.05, 3.63) is 30.0 Å². The van der Waals surface area contributed by atoms with Gasteiger partial charge >= 0.3 is 5.97 Å². The zero-order chi connectivity index (χ0) is 11.7. The fourth-order valence-electron chi connectivity index (χ4n) is 1.53. The lowest BCUT2D eigenvalue weighted by molar-refractivity contribution is 0.0601. The third-order valence-corrected chi connectivity index (χ3v) is 2.29. The van der Waals surface area contributed by atoms with Crippen LogP contribution in [0, 0.1) is 0 Å². The van der Waals surface area contributed by atoms with Gasteiger partial charge in [0, 0.05) is 12.3 Å². The van der Waals surface area contributed by atoms with Crippen LogP contribution in [0.1, 0.15) is 22.1 Å². The van der Waals surface area contributed by atoms with Crippen molar-refractivity contribution in [3.63, 3.8) is 0 Å². The van der Waals surface area contributed by atoms with Crippen molar-refractivity contribution >= 4 is 22.8 Å². The van der Waals surface area contributed by atoms with Crippen molar-refractivity contribution in [1.29, 1.82) is 0 Å². The zero-order valence-electron chi connectivity index (χ0n) is 8.93. The third-order valence-electron chi connectivity index (χ3n) is 2.29. The van der Waals surface area contributed by atoms with Gasteiger partial charge in [-0.05, 0) is 18.2 Å². The summed E-state index contributed by atoms with van der Waals surface area (Å²) in [6.07, 6.45) is 1.54. The Bertz CT molecular complexity index is 572. The number of carbonyl (C=O) groups excluding carboxylic acids is 2. The van der Waals surface area contributed by atoms with Gasteiger partial charge in [-0.25, -0.2) is 9.48 Å². The van der Waals surface area contributed by atoms with Gasteiger partial charge in [-0.2, -0.15) is 5.10 Å². The topological polar surface area (TPSA) is 61.2 Å². The van der Waals surface area contributed by atoms with Gasteiger partial charge in [0.1, 0.15) is 0 Å². The predicted octanol–water partition coefficient (Wildman–Crippen LogP) is 1.48. The number of nitrogens with zero attached hydrogens (tertiary/aromatic N) is 2. The molecule has 0 amide bonds. The van der Waals surface area contributed by atoms with E-state index in [-0.39, 0.29) is 5.91 Å². The van der Waals surface area contributed by atoms with Crippen molar-refractivity contribution in [3.8, 4) is 0 Å². The Labute approximate surface area is 91.6 Å². The standard InChI is InChI=1S/C11H10N2O3/c1-7(14)13-10-4-3-8(11(15)16-2)5-9(10)6-12-13/h3-6H,1-2H3. The molecule has 1 heterocycles. The average Bonchev–Trinajstić information content (AvgIpc) is 2.70. The third kappa shape index (κ3) is 1.56. The molecule has 0 spiro atoms. The summed E-state index contributed by atoms with van der Waals surface area (Å²) >= 11 is 0. The Morgan fingerprint density at radius 1 is 1.38 bits per heavy atom. The normalized spacial score (nSPS) is 10.4. The molecule has 5 heteroatoms. The summed E-state index contributed by atoms with van der Waals surface area (Å²) in [5, 5.41) is 4.67. The summed E-state index contributed by atoms with van der Waals surface area (Å²) in [4.78, 5) is 22.5. The smallest absolute Gasteiger partial charge is 0.337 e. The van der Waals surface area contributed by atoms with Gasteiger partial charge in [0.25, 0.3) is 0 Å². The molecule has 1 aromatic carbocycles. The number of benzene rings is 1. The van der Waals surface area contributed by atoms with Crippen LogP contribution in [0.2, 0.25) is 0 Å². The van der Waals surface area contributed by atoms with Crippen molar-refractivity contribution in [2.45, 2.75) is 6.92 Å². The number of carbonyl (C=O) groups is 2. The lowest BCUT2D eigenvalue weighted by atomic mass is 10.1. The Balaban J connectivity index is 2.57. The highest BCUT2D eigenvalue weighted by molar-refractivity contribution is 5.96. The summed E-state index contributed by atoms with van der Waals surface area (Å²) in [6, 6.07) is 4.93. The number of fused-ring (bicyclic) bond motifs is 1. The number of rotatable bonds is 1. The maximum absolute atomic E-state index is 11.3. The number of methoxy groups -OCH3 is 1. The molecular weight excluding hydrogens is 208 g/mol. The highest BCUT2D eigenvalue weighted by Crippen LogP contribution is 2.16. The van der Waals surface area contributed by atoms with Gasteiger partial charge in [-0.1, -0.05) is 0 Å². The van der Waals surface area contributed by atoms with Crippen LogP contribution in [0.25, 0.3) is 10.9 Å². The molecule has 0 saturated carbocycles. The van der Waals surface area contributed by atoms with Crippen LogP contribution < -0.4 is 0 Å². The largest absolute Gasteiger partial charge is 0.465 e. The first-order valence-corrected chi connectivity index (χ1v) is 4.70. The van der Waals surface area contributed by atoms with Crippen molar-refractivity contribution in [1.82, 2.24) is 9.78 Å². The summed E-state index contributed by atoms with van der Waals surface area (Å²) in [6.45, 7) is 1.43. The molecule has 0 aliphatic carbocycles. The number of ether oxygens (including phenoxy) is 1. The number of hydrogen-bond acceptors (Lipinski definition) is 4. The second-order valence-corrected chi connectivity index (χ2v) is 3.34. The summed E-state index contributed by atoms with van der Waals surface area (Å²) in [5.74, 6) is -0.571. The monoisotopic (exact) mass is 218 g/mol. The number of aromatic nitrogens is 2. The second-order valence-electron chi connectivity index (χ2n) is 3.34. The highest BCUT2D eigenvalue weighted by Gasteiger charge is 2.10. The lowest BCUT2D eigenvalue weighted by Crippen LogP contribution is -2.07. The zero-order valence-corrected chi connectivity index (χ0v) is 8.93. The maximum Gasteiger partial charge on any atom is 0.337 e. The molecule has 2 aromatic rings. The van der Waals surface area contributed by atoms with Crippen LogP contribution in [-0.4, -0.2) is 28.8 Å². The summed E-state index contributed by atoms with van der Waals surface area (Å²) < 4.78 is 5.89. The molecule has 2 rings (SSSR count). The fraction of sp³-hybridized carbons (Fsp3) is 0.182. The molecule has 1 aromatic heterocycles. The molecule has 0 radical (unpaired) electrons. The molecular formula is C11H10N2O3. The van der Waals surface area contributed by atoms with Crippen molar-refractivity contribution in [2.24, 2.45) is 0 Å². The van der Waals surface area contributed by atoms with Crippen LogP contribution in [0.3, 0.4) is 0 Å². The van der Waals surface area contributed by atoms with E-state index >= 15 is 0 Å². The molecule has 0 fully saturated rings. The van der Waals surface area contributed by atoms with E-state index in [4.69, 9.17) is 0 Å². The van der Waals surface area contributed by atoms with E-state index in [1.165, 1.54) is 18.7 Å². The number of hydrogen-bond donors (Lipinski definition) is 0. The molecule has 0 bridgehead atoms. The van der Waals surface area contributed by atoms with E-state index in [9.17, 15) is 9.59 Å². The summed E-state index contributed by atoms with van der Waals surface area (Å²) in [7, 11) is 1.32. The van der Waals surface area contributed by atoms with Crippen LogP contribution in [0.15, 0.2) is 24.4 Å². The van der Waals surface area contributed by atoms with Crippen LogP contribution in [-0.2, 0) is 4.74 Å². The van der Waals surface area contributed by atoms with Gasteiger partial charge in [0.15, 0.2) is 0 Å². The molecule has 5 nitrogen and oxygen atoms in total. The van der Waals surface area contributed by atoms with Crippen LogP contribution in [0.5, 0.6) is 0 Å². The van der Waals surface area contributed by atoms with Crippen LogP contribution in [0.4, 0.5) is 0 Å². The van der Waals surface area contributed by atoms with Crippen molar-refractivity contribution in [2.75, 3.05) is 7.11 Å². The van der Waals surface area contributed by atoms with Gasteiger partial charge in [-0.15, -0.1) is 0 Å². The van der Waals surface area contributed by atoms with Gasteiger partial charge < -0.3 is 4.74 Å². The second kappa shape index (κ2) is 3.77. The minimum atomic E-state index is -0.405. The van der Waals surface area contributed by atoms with E-state index in [1.807, 2.05) is 0 Å². The Morgan fingerprint density at radius 3 is 2.75 bits per heavy atom. The Morgan fingerprint density at radius 2 is 2.12 bits per heavy atom. The quantitative estimate of drug-likeness (QED) is 0.680. The number of esters is 1. The molecule has 0 N–H and O–H groups in total. The van der Waals surface area contributed by atoms with E-state index in [0.717, 1.165) is 5.39 Å². The first-order chi connectivity index (χ1) is 7.63. The van der Waals surface area contributed by atoms with E-state index < -0.39 is 5.97 Å². The van der Waals surface area contributed by atoms with Gasteiger partial charge in [-0.3, -0.25) is 4.79 Å². The minimum absolute atomic E-state index is 0.166. The van der Waals surface area contributed by atoms with Crippen LogP contribution >= 0.6 is 0 Å². The molecule has 0 saturated heterocycles. The predicted molar refractivity (Wildman–Crippen MR) is 57.4 cm³/mol. The molecule has 16 heavy (non-hydrogen) atoms. The summed E-state index contributed by atoms with van der Waals surface area (Å²) in [5.41, 5.74) is 1.12. The SMILES string of the molecule is COC(=O)c1ccc2c(cnn2C(C)=O)c1. The Kier molecular flexibility index (Phi) is 2.44. The lowest BCUT2D eigenvalue weighted by Gasteiger charge is -2.00. The molecule has 0 aliphatic heterocycles. The molecule has 0 aliphatic rings. The van der Waals surface area contributed by atoms with E-state index in [2.05, 4.69) is 9.84 Å². The van der Waals surface area contributed by atoms with E-state index in [1.54, 1.807) is 24.4 Å². The van der Waals surface area contributed by atoms with Gasteiger partial charge in [0.2, 0.25) is 5.91 Å². The molecule has 82 valence electrons. The molecule has 0 atom stereocenters. The first kappa shape index (κ1) is 10.4. The van der Waals surface area contributed by atoms with E-state index in [0.29, 0.717) is 11.1 Å².